The molecule has 0 aliphatic rings. The number of halogens is 3. The predicted molar refractivity (Wildman–Crippen MR) is 62.8 cm³/mol. The fourth-order valence-electron chi connectivity index (χ4n) is 1.11. The molecule has 0 saturated carbocycles. The Hall–Kier alpha value is 0.192. The van der Waals surface area contributed by atoms with Gasteiger partial charge in [0.05, 0.1) is 0 Å². The van der Waals surface area contributed by atoms with Crippen LogP contribution >= 0.6 is 11.8 Å². The maximum atomic E-state index is 2.12. The molecule has 0 fully saturated rings. The van der Waals surface area contributed by atoms with E-state index in [1.807, 2.05) is 12.1 Å². The molecule has 2 aromatic carbocycles. The van der Waals surface area contributed by atoms with Crippen molar-refractivity contribution < 1.29 is 37.2 Å². The minimum atomic E-state index is 0. The fourth-order valence-corrected chi connectivity index (χ4v) is 1.97. The molecule has 17 heavy (non-hydrogen) atoms. The van der Waals surface area contributed by atoms with Crippen LogP contribution in [0.15, 0.2) is 70.5 Å². The molecule has 88 valence electrons. The number of hydrogen-bond donors (Lipinski definition) is 0. The molecule has 0 bridgehead atoms. The van der Waals surface area contributed by atoms with Gasteiger partial charge in [-0.2, -0.15) is 0 Å². The third-order valence-corrected chi connectivity index (χ3v) is 2.74. The van der Waals surface area contributed by atoms with E-state index in [9.17, 15) is 0 Å². The third kappa shape index (κ3) is 8.00. The second kappa shape index (κ2) is 12.6. The molecule has 0 spiro atoms. The third-order valence-electron chi connectivity index (χ3n) is 1.72. The standard InChI is InChI=1S/C12H10S.Al.3ClH/c1-3-7-11(8-4-1)13-12-9-5-2-6-10-12;;;;/h1-10H;;3*1H/q;+3;;;/p-3. The van der Waals surface area contributed by atoms with Crippen LogP contribution in [-0.2, 0) is 0 Å². The van der Waals surface area contributed by atoms with Crippen LogP contribution in [-0.4, -0.2) is 17.4 Å². The summed E-state index contributed by atoms with van der Waals surface area (Å²) in [4.78, 5) is 2.57. The van der Waals surface area contributed by atoms with Crippen LogP contribution in [0.5, 0.6) is 0 Å². The molecule has 0 heterocycles. The normalized spacial score (nSPS) is 7.53. The maximum Gasteiger partial charge on any atom is 3.00 e. The summed E-state index contributed by atoms with van der Waals surface area (Å²) in [5.41, 5.74) is 0. The molecular formula is C12H10AlCl3S. The Morgan fingerprint density at radius 1 is 0.529 bits per heavy atom. The first kappa shape index (κ1) is 22.4. The summed E-state index contributed by atoms with van der Waals surface area (Å²) in [6.07, 6.45) is 0. The molecule has 0 saturated heterocycles. The Bertz CT molecular complexity index is 333. The van der Waals surface area contributed by atoms with Gasteiger partial charge < -0.3 is 37.2 Å². The SMILES string of the molecule is [Al+3].[Cl-].[Cl-].[Cl-].c1ccc(Sc2ccccc2)cc1. The first-order valence-corrected chi connectivity index (χ1v) is 5.05. The van der Waals surface area contributed by atoms with Gasteiger partial charge in [-0.25, -0.2) is 0 Å². The predicted octanol–water partition coefficient (Wildman–Crippen LogP) is -5.53. The van der Waals surface area contributed by atoms with Gasteiger partial charge in [0.15, 0.2) is 0 Å². The maximum absolute atomic E-state index is 2.12. The zero-order chi connectivity index (χ0) is 8.93. The average Bonchev–Trinajstić information content (AvgIpc) is 2.21. The Kier molecular flexibility index (Phi) is 16.6. The van der Waals surface area contributed by atoms with E-state index in [-0.39, 0.29) is 54.6 Å². The van der Waals surface area contributed by atoms with Crippen molar-refractivity contribution in [2.24, 2.45) is 0 Å². The summed E-state index contributed by atoms with van der Waals surface area (Å²) in [7, 11) is 0. The number of rotatable bonds is 2. The minimum Gasteiger partial charge on any atom is -1.00 e. The zero-order valence-electron chi connectivity index (χ0n) is 8.89. The molecule has 0 N–H and O–H groups in total. The Morgan fingerprint density at radius 2 is 0.824 bits per heavy atom. The van der Waals surface area contributed by atoms with Crippen molar-refractivity contribution in [2.45, 2.75) is 9.79 Å². The molecular weight excluding hydrogens is 310 g/mol. The van der Waals surface area contributed by atoms with Crippen LogP contribution in [0.4, 0.5) is 0 Å². The molecule has 5 heteroatoms. The monoisotopic (exact) mass is 318 g/mol. The van der Waals surface area contributed by atoms with Crippen LogP contribution in [0, 0.1) is 0 Å². The van der Waals surface area contributed by atoms with Crippen molar-refractivity contribution in [3.05, 3.63) is 60.7 Å². The van der Waals surface area contributed by atoms with Crippen LogP contribution in [0.1, 0.15) is 0 Å². The molecule has 0 nitrogen and oxygen atoms in total. The smallest absolute Gasteiger partial charge is 1.00 e. The summed E-state index contributed by atoms with van der Waals surface area (Å²) in [6, 6.07) is 20.8. The van der Waals surface area contributed by atoms with Crippen LogP contribution in [0.25, 0.3) is 0 Å². The van der Waals surface area contributed by atoms with Gasteiger partial charge in [-0.3, -0.25) is 0 Å². The van der Waals surface area contributed by atoms with E-state index in [1.54, 1.807) is 11.8 Å². The summed E-state index contributed by atoms with van der Waals surface area (Å²) in [5.74, 6) is 0. The number of hydrogen-bond acceptors (Lipinski definition) is 1. The summed E-state index contributed by atoms with van der Waals surface area (Å²) >= 11 is 1.79. The Labute approximate surface area is 136 Å². The average molecular weight is 320 g/mol. The molecule has 0 radical (unpaired) electrons. The van der Waals surface area contributed by atoms with E-state index in [0.717, 1.165) is 0 Å². The molecule has 0 atom stereocenters. The van der Waals surface area contributed by atoms with E-state index in [2.05, 4.69) is 48.5 Å². The van der Waals surface area contributed by atoms with Gasteiger partial charge in [-0.1, -0.05) is 48.2 Å². The van der Waals surface area contributed by atoms with Crippen molar-refractivity contribution in [3.8, 4) is 0 Å². The molecule has 2 rings (SSSR count). The first-order valence-electron chi connectivity index (χ1n) is 4.23. The van der Waals surface area contributed by atoms with Crippen molar-refractivity contribution in [2.75, 3.05) is 0 Å². The second-order valence-corrected chi connectivity index (χ2v) is 3.88. The van der Waals surface area contributed by atoms with E-state index < -0.39 is 0 Å². The van der Waals surface area contributed by atoms with Crippen molar-refractivity contribution in [1.29, 1.82) is 0 Å². The van der Waals surface area contributed by atoms with Gasteiger partial charge in [0.1, 0.15) is 0 Å². The number of benzene rings is 2. The summed E-state index contributed by atoms with van der Waals surface area (Å²) < 4.78 is 0. The topological polar surface area (TPSA) is 0 Å². The van der Waals surface area contributed by atoms with Gasteiger partial charge in [0, 0.05) is 9.79 Å². The molecule has 0 amide bonds. The molecule has 0 aliphatic carbocycles. The largest absolute Gasteiger partial charge is 3.00 e. The van der Waals surface area contributed by atoms with E-state index in [4.69, 9.17) is 0 Å². The van der Waals surface area contributed by atoms with Crippen molar-refractivity contribution in [1.82, 2.24) is 0 Å². The summed E-state index contributed by atoms with van der Waals surface area (Å²) in [5, 5.41) is 0. The minimum absolute atomic E-state index is 0. The van der Waals surface area contributed by atoms with Gasteiger partial charge in [0.25, 0.3) is 0 Å². The Morgan fingerprint density at radius 3 is 1.12 bits per heavy atom. The van der Waals surface area contributed by atoms with Gasteiger partial charge in [0.2, 0.25) is 0 Å². The fraction of sp³-hybridized carbons (Fsp3) is 0. The van der Waals surface area contributed by atoms with Gasteiger partial charge in [-0.15, -0.1) is 0 Å². The second-order valence-electron chi connectivity index (χ2n) is 2.73. The van der Waals surface area contributed by atoms with E-state index in [1.165, 1.54) is 9.79 Å². The van der Waals surface area contributed by atoms with Crippen LogP contribution < -0.4 is 37.2 Å². The molecule has 2 aromatic rings. The quantitative estimate of drug-likeness (QED) is 0.498. The molecule has 0 aromatic heterocycles. The van der Waals surface area contributed by atoms with Crippen LogP contribution in [0.2, 0.25) is 0 Å². The van der Waals surface area contributed by atoms with E-state index in [0.29, 0.717) is 0 Å². The zero-order valence-corrected chi connectivity index (χ0v) is 13.1. The van der Waals surface area contributed by atoms with Crippen molar-refractivity contribution in [3.63, 3.8) is 0 Å². The molecule has 0 aliphatic heterocycles. The van der Waals surface area contributed by atoms with Crippen molar-refractivity contribution >= 4 is 29.1 Å². The van der Waals surface area contributed by atoms with Gasteiger partial charge >= 0.3 is 17.4 Å². The van der Waals surface area contributed by atoms with Gasteiger partial charge in [-0.05, 0) is 24.3 Å². The molecule has 0 unspecified atom stereocenters. The summed E-state index contributed by atoms with van der Waals surface area (Å²) in [6.45, 7) is 0. The van der Waals surface area contributed by atoms with Crippen LogP contribution in [0.3, 0.4) is 0 Å². The first-order chi connectivity index (χ1) is 6.45. The Balaban J connectivity index is -0.000000490. The van der Waals surface area contributed by atoms with E-state index >= 15 is 0 Å².